The van der Waals surface area contributed by atoms with Gasteiger partial charge in [0.2, 0.25) is 0 Å². The summed E-state index contributed by atoms with van der Waals surface area (Å²) < 4.78 is 78.0. The minimum atomic E-state index is -6.03. The summed E-state index contributed by atoms with van der Waals surface area (Å²) in [6.07, 6.45) is 0. The summed E-state index contributed by atoms with van der Waals surface area (Å²) in [4.78, 5) is 12.6. The molecule has 0 bridgehead atoms. The van der Waals surface area contributed by atoms with Crippen LogP contribution in [-0.2, 0) is 16.7 Å². The molecule has 4 aromatic rings. The predicted molar refractivity (Wildman–Crippen MR) is 120 cm³/mol. The van der Waals surface area contributed by atoms with Crippen molar-refractivity contribution in [1.82, 2.24) is 0 Å². The van der Waals surface area contributed by atoms with Crippen LogP contribution in [0.5, 0.6) is 11.5 Å². The third-order valence-electron chi connectivity index (χ3n) is 5.11. The van der Waals surface area contributed by atoms with Gasteiger partial charge in [0.05, 0.1) is 0 Å². The van der Waals surface area contributed by atoms with Gasteiger partial charge in [-0.2, -0.15) is 21.6 Å². The highest BCUT2D eigenvalue weighted by molar-refractivity contribution is 7.88. The number of rotatable bonds is 6. The summed E-state index contributed by atoms with van der Waals surface area (Å²) in [6.45, 7) is 3.54. The molecule has 10 heteroatoms. The van der Waals surface area contributed by atoms with Crippen molar-refractivity contribution in [3.05, 3.63) is 82.2 Å². The molecular weight excluding hydrogens is 473 g/mol. The smallest absolute Gasteiger partial charge is 0.489 e. The lowest BCUT2D eigenvalue weighted by Gasteiger charge is -2.15. The second kappa shape index (κ2) is 8.68. The Balaban J connectivity index is 1.81. The lowest BCUT2D eigenvalue weighted by molar-refractivity contribution is -0.0499. The summed E-state index contributed by atoms with van der Waals surface area (Å²) in [6, 6.07) is 16.5. The van der Waals surface area contributed by atoms with E-state index in [1.807, 2.05) is 42.5 Å². The Morgan fingerprint density at radius 2 is 1.71 bits per heavy atom. The Morgan fingerprint density at radius 1 is 1.00 bits per heavy atom. The van der Waals surface area contributed by atoms with Crippen LogP contribution in [0.2, 0.25) is 0 Å². The highest BCUT2D eigenvalue weighted by Crippen LogP contribution is 2.35. The fraction of sp³-hybridized carbons (Fsp3) is 0.208. The maximum absolute atomic E-state index is 13.0. The Bertz CT molecular complexity index is 1530. The Morgan fingerprint density at radius 3 is 2.41 bits per heavy atom. The Kier molecular flexibility index (Phi) is 6.03. The summed E-state index contributed by atoms with van der Waals surface area (Å²) in [5.41, 5.74) is -5.78. The van der Waals surface area contributed by atoms with Crippen LogP contribution in [0.15, 0.2) is 69.9 Å². The van der Waals surface area contributed by atoms with E-state index in [-0.39, 0.29) is 29.6 Å². The molecule has 1 aromatic heterocycles. The SMILES string of the molecule is CC(C)c1cc(=O)c2c(OS(=O)(=O)C(F)(F)F)cc(OCc3cccc4ccccc34)cc2o1. The molecule has 0 radical (unpaired) electrons. The van der Waals surface area contributed by atoms with Crippen molar-refractivity contribution in [3.63, 3.8) is 0 Å². The lowest BCUT2D eigenvalue weighted by atomic mass is 10.1. The maximum Gasteiger partial charge on any atom is 0.534 e. The molecule has 6 nitrogen and oxygen atoms in total. The average molecular weight is 492 g/mol. The van der Waals surface area contributed by atoms with E-state index in [9.17, 15) is 26.4 Å². The van der Waals surface area contributed by atoms with Gasteiger partial charge in [-0.25, -0.2) is 0 Å². The fourth-order valence-corrected chi connectivity index (χ4v) is 3.89. The van der Waals surface area contributed by atoms with Crippen molar-refractivity contribution >= 4 is 31.9 Å². The topological polar surface area (TPSA) is 82.8 Å². The van der Waals surface area contributed by atoms with Crippen molar-refractivity contribution in [2.24, 2.45) is 0 Å². The molecule has 0 unspecified atom stereocenters. The van der Waals surface area contributed by atoms with E-state index in [4.69, 9.17) is 9.15 Å². The number of hydrogen-bond acceptors (Lipinski definition) is 6. The van der Waals surface area contributed by atoms with E-state index in [1.165, 1.54) is 6.07 Å². The number of benzene rings is 3. The van der Waals surface area contributed by atoms with Gasteiger partial charge in [-0.05, 0) is 16.3 Å². The summed E-state index contributed by atoms with van der Waals surface area (Å²) in [5.74, 6) is -0.794. The van der Waals surface area contributed by atoms with Gasteiger partial charge >= 0.3 is 15.6 Å². The van der Waals surface area contributed by atoms with Gasteiger partial charge in [-0.1, -0.05) is 56.3 Å². The molecule has 34 heavy (non-hydrogen) atoms. The summed E-state index contributed by atoms with van der Waals surface area (Å²) >= 11 is 0. The first kappa shape index (κ1) is 23.6. The fourth-order valence-electron chi connectivity index (χ4n) is 3.43. The minimum Gasteiger partial charge on any atom is -0.489 e. The van der Waals surface area contributed by atoms with Crippen LogP contribution in [-0.4, -0.2) is 13.9 Å². The molecule has 0 N–H and O–H groups in total. The Labute approximate surface area is 192 Å². The molecule has 178 valence electrons. The van der Waals surface area contributed by atoms with Gasteiger partial charge in [0.1, 0.15) is 29.1 Å². The monoisotopic (exact) mass is 492 g/mol. The second-order valence-electron chi connectivity index (χ2n) is 7.87. The highest BCUT2D eigenvalue weighted by atomic mass is 32.2. The van der Waals surface area contributed by atoms with Crippen molar-refractivity contribution in [2.75, 3.05) is 0 Å². The van der Waals surface area contributed by atoms with Crippen LogP contribution in [0.4, 0.5) is 13.2 Å². The molecule has 0 spiro atoms. The third-order valence-corrected chi connectivity index (χ3v) is 6.08. The van der Waals surface area contributed by atoms with E-state index in [2.05, 4.69) is 4.18 Å². The summed E-state index contributed by atoms with van der Waals surface area (Å²) in [5, 5.41) is 1.44. The van der Waals surface area contributed by atoms with Crippen molar-refractivity contribution < 1.29 is 34.9 Å². The van der Waals surface area contributed by atoms with Crippen LogP contribution in [0, 0.1) is 0 Å². The van der Waals surface area contributed by atoms with Gasteiger partial charge in [0.25, 0.3) is 0 Å². The molecule has 0 amide bonds. The van der Waals surface area contributed by atoms with E-state index >= 15 is 0 Å². The quantitative estimate of drug-likeness (QED) is 0.247. The zero-order valence-electron chi connectivity index (χ0n) is 18.0. The molecule has 0 atom stereocenters. The normalized spacial score (nSPS) is 12.4. The number of fused-ring (bicyclic) bond motifs is 2. The molecule has 0 saturated heterocycles. The standard InChI is InChI=1S/C24H19F3O6S/c1-14(2)20-12-19(28)23-21(32-20)10-17(11-22(23)33-34(29,30)24(25,26)27)31-13-16-8-5-7-15-6-3-4-9-18(15)16/h3-12,14H,13H2,1-2H3. The molecule has 0 saturated carbocycles. The highest BCUT2D eigenvalue weighted by Gasteiger charge is 2.49. The van der Waals surface area contributed by atoms with Crippen LogP contribution in [0.3, 0.4) is 0 Å². The number of hydrogen-bond donors (Lipinski definition) is 0. The van der Waals surface area contributed by atoms with E-state index < -0.39 is 32.2 Å². The molecule has 4 rings (SSSR count). The molecule has 0 aliphatic carbocycles. The molecule has 3 aromatic carbocycles. The number of alkyl halides is 3. The van der Waals surface area contributed by atoms with E-state index in [0.29, 0.717) is 0 Å². The molecule has 1 heterocycles. The van der Waals surface area contributed by atoms with Crippen LogP contribution in [0.1, 0.15) is 31.1 Å². The molecular formula is C24H19F3O6S. The van der Waals surface area contributed by atoms with Gasteiger partial charge in [-0.15, -0.1) is 0 Å². The van der Waals surface area contributed by atoms with Crippen LogP contribution < -0.4 is 14.3 Å². The van der Waals surface area contributed by atoms with Crippen molar-refractivity contribution in [2.45, 2.75) is 31.9 Å². The molecule has 0 aliphatic rings. The first-order chi connectivity index (χ1) is 16.0. The summed E-state index contributed by atoms with van der Waals surface area (Å²) in [7, 11) is -6.03. The van der Waals surface area contributed by atoms with Crippen molar-refractivity contribution in [1.29, 1.82) is 0 Å². The molecule has 0 aliphatic heterocycles. The Hall–Kier alpha value is -3.53. The lowest BCUT2D eigenvalue weighted by Crippen LogP contribution is -2.28. The first-order valence-electron chi connectivity index (χ1n) is 10.2. The van der Waals surface area contributed by atoms with Crippen LogP contribution in [0.25, 0.3) is 21.7 Å². The van der Waals surface area contributed by atoms with E-state index in [0.717, 1.165) is 28.5 Å². The largest absolute Gasteiger partial charge is 0.534 e. The average Bonchev–Trinajstić information content (AvgIpc) is 2.76. The number of halogens is 3. The van der Waals surface area contributed by atoms with E-state index in [1.54, 1.807) is 13.8 Å². The van der Waals surface area contributed by atoms with Gasteiger partial charge < -0.3 is 13.3 Å². The first-order valence-corrected chi connectivity index (χ1v) is 11.6. The molecule has 0 fully saturated rings. The zero-order chi connectivity index (χ0) is 24.7. The predicted octanol–water partition coefficient (Wildman–Crippen LogP) is 5.88. The second-order valence-corrected chi connectivity index (χ2v) is 9.41. The van der Waals surface area contributed by atoms with Gasteiger partial charge in [0.15, 0.2) is 11.2 Å². The van der Waals surface area contributed by atoms with Crippen molar-refractivity contribution in [3.8, 4) is 11.5 Å². The number of ether oxygens (including phenoxy) is 1. The minimum absolute atomic E-state index is 0.0203. The maximum atomic E-state index is 13.0. The van der Waals surface area contributed by atoms with Gasteiger partial charge in [-0.3, -0.25) is 4.79 Å². The zero-order valence-corrected chi connectivity index (χ0v) is 18.9. The third kappa shape index (κ3) is 4.58. The van der Waals surface area contributed by atoms with Gasteiger partial charge in [0, 0.05) is 24.1 Å². The van der Waals surface area contributed by atoms with Crippen LogP contribution >= 0.6 is 0 Å².